The summed E-state index contributed by atoms with van der Waals surface area (Å²) in [5, 5.41) is 13.4. The lowest BCUT2D eigenvalue weighted by molar-refractivity contribution is -0.122. The fraction of sp³-hybridized carbons (Fsp3) is 0.185. The molecule has 0 saturated heterocycles. The zero-order valence-corrected chi connectivity index (χ0v) is 22.3. The van der Waals surface area contributed by atoms with E-state index in [1.165, 1.54) is 23.1 Å². The number of nitrogens with zero attached hydrogens (tertiary/aromatic N) is 1. The maximum absolute atomic E-state index is 14.5. The molecule has 5 rings (SSSR count). The van der Waals surface area contributed by atoms with E-state index in [0.717, 1.165) is 14.5 Å². The van der Waals surface area contributed by atoms with E-state index in [1.807, 2.05) is 13.8 Å². The lowest BCUT2D eigenvalue weighted by Gasteiger charge is -2.21. The second kappa shape index (κ2) is 9.08. The number of aromatic hydroxyl groups is 1. The van der Waals surface area contributed by atoms with Gasteiger partial charge in [-0.15, -0.1) is 0 Å². The number of anilines is 1. The molecule has 6 nitrogen and oxygen atoms in total. The molecule has 1 aromatic heterocycles. The van der Waals surface area contributed by atoms with Crippen molar-refractivity contribution in [1.82, 2.24) is 5.32 Å². The van der Waals surface area contributed by atoms with Crippen LogP contribution >= 0.6 is 34.2 Å². The molecule has 0 atom stereocenters. The first kappa shape index (κ1) is 24.6. The number of fused-ring (bicyclic) bond motifs is 2. The number of phenolic OH excluding ortho intramolecular Hbond substituents is 1. The fourth-order valence-corrected chi connectivity index (χ4v) is 6.06. The van der Waals surface area contributed by atoms with E-state index in [9.17, 15) is 19.1 Å². The van der Waals surface area contributed by atoms with Gasteiger partial charge in [-0.2, -0.15) is 0 Å². The van der Waals surface area contributed by atoms with Crippen LogP contribution in [-0.4, -0.2) is 16.9 Å². The summed E-state index contributed by atoms with van der Waals surface area (Å²) in [4.78, 5) is 28.0. The number of rotatable bonds is 5. The van der Waals surface area contributed by atoms with Crippen molar-refractivity contribution in [3.63, 3.8) is 0 Å². The Bertz CT molecular complexity index is 1530. The molecule has 36 heavy (non-hydrogen) atoms. The first-order valence-electron chi connectivity index (χ1n) is 11.1. The number of carbonyl (C=O) groups is 2. The van der Waals surface area contributed by atoms with E-state index >= 15 is 0 Å². The van der Waals surface area contributed by atoms with Gasteiger partial charge in [-0.1, -0.05) is 17.7 Å². The van der Waals surface area contributed by atoms with E-state index in [2.05, 4.69) is 27.9 Å². The molecule has 4 aromatic rings. The standard InChI is InChI=1S/C27H21ClFIN2O4/c1-27(2)24-21(30)10-15(25(34)31-12-17-9-14-8-16(33)6-7-23(14)36-17)11-22(24)32(26(27)35)13-18-19(28)4-3-5-20(18)29/h3-11,33H,12-13H2,1-2H3,(H,31,34). The minimum absolute atomic E-state index is 0.0479. The van der Waals surface area contributed by atoms with Crippen LogP contribution in [0.2, 0.25) is 5.02 Å². The van der Waals surface area contributed by atoms with Crippen LogP contribution in [0, 0.1) is 9.39 Å². The molecule has 2 heterocycles. The average molecular weight is 619 g/mol. The van der Waals surface area contributed by atoms with Crippen LogP contribution in [-0.2, 0) is 23.3 Å². The summed E-state index contributed by atoms with van der Waals surface area (Å²) in [5.74, 6) is -0.376. The molecule has 0 radical (unpaired) electrons. The molecule has 2 amide bonds. The smallest absolute Gasteiger partial charge is 0.251 e. The van der Waals surface area contributed by atoms with Crippen molar-refractivity contribution in [1.29, 1.82) is 0 Å². The summed E-state index contributed by atoms with van der Waals surface area (Å²) < 4.78 is 21.0. The van der Waals surface area contributed by atoms with E-state index in [4.69, 9.17) is 16.0 Å². The van der Waals surface area contributed by atoms with E-state index in [1.54, 1.807) is 36.4 Å². The largest absolute Gasteiger partial charge is 0.508 e. The van der Waals surface area contributed by atoms with Crippen molar-refractivity contribution in [2.75, 3.05) is 4.90 Å². The van der Waals surface area contributed by atoms with E-state index < -0.39 is 11.2 Å². The van der Waals surface area contributed by atoms with Gasteiger partial charge in [0.2, 0.25) is 5.91 Å². The molecular weight excluding hydrogens is 598 g/mol. The third-order valence-electron chi connectivity index (χ3n) is 6.38. The molecule has 3 aromatic carbocycles. The lowest BCUT2D eigenvalue weighted by Crippen LogP contribution is -2.36. The zero-order valence-electron chi connectivity index (χ0n) is 19.4. The van der Waals surface area contributed by atoms with Gasteiger partial charge in [-0.3, -0.25) is 9.59 Å². The van der Waals surface area contributed by atoms with Gasteiger partial charge >= 0.3 is 0 Å². The molecule has 1 aliphatic heterocycles. The predicted molar refractivity (Wildman–Crippen MR) is 144 cm³/mol. The summed E-state index contributed by atoms with van der Waals surface area (Å²) >= 11 is 8.36. The van der Waals surface area contributed by atoms with Gasteiger partial charge in [0.05, 0.1) is 24.2 Å². The van der Waals surface area contributed by atoms with Crippen molar-refractivity contribution in [3.8, 4) is 5.75 Å². The Hall–Kier alpha value is -3.11. The fourth-order valence-electron chi connectivity index (χ4n) is 4.55. The van der Waals surface area contributed by atoms with Crippen molar-refractivity contribution in [2.24, 2.45) is 0 Å². The second-order valence-corrected chi connectivity index (χ2v) is 10.8. The molecule has 184 valence electrons. The Kier molecular flexibility index (Phi) is 6.20. The average Bonchev–Trinajstić information content (AvgIpc) is 3.31. The van der Waals surface area contributed by atoms with E-state index in [-0.39, 0.29) is 41.2 Å². The van der Waals surface area contributed by atoms with Crippen LogP contribution in [0.3, 0.4) is 0 Å². The van der Waals surface area contributed by atoms with Gasteiger partial charge in [0, 0.05) is 30.7 Å². The van der Waals surface area contributed by atoms with Crippen LogP contribution in [0.25, 0.3) is 11.0 Å². The first-order valence-corrected chi connectivity index (χ1v) is 12.6. The molecule has 1 aliphatic rings. The topological polar surface area (TPSA) is 82.8 Å². The first-order chi connectivity index (χ1) is 17.1. The Morgan fingerprint density at radius 1 is 1.19 bits per heavy atom. The number of amides is 2. The van der Waals surface area contributed by atoms with Crippen LogP contribution in [0.4, 0.5) is 10.1 Å². The predicted octanol–water partition coefficient (Wildman–Crippen LogP) is 6.29. The summed E-state index contributed by atoms with van der Waals surface area (Å²) in [6.45, 7) is 3.73. The SMILES string of the molecule is CC1(C)C(=O)N(Cc2c(F)cccc2Cl)c2cc(C(=O)NCc3cc4cc(O)ccc4o3)cc(I)c21. The summed E-state index contributed by atoms with van der Waals surface area (Å²) in [7, 11) is 0. The maximum Gasteiger partial charge on any atom is 0.251 e. The molecular formula is C27H21ClFIN2O4. The van der Waals surface area contributed by atoms with Crippen molar-refractivity contribution in [2.45, 2.75) is 32.4 Å². The zero-order chi connectivity index (χ0) is 25.8. The van der Waals surface area contributed by atoms with Gasteiger partial charge in [0.15, 0.2) is 0 Å². The highest BCUT2D eigenvalue weighted by Crippen LogP contribution is 2.45. The van der Waals surface area contributed by atoms with E-state index in [0.29, 0.717) is 22.6 Å². The van der Waals surface area contributed by atoms with Crippen molar-refractivity contribution >= 4 is 62.7 Å². The third-order valence-corrected chi connectivity index (χ3v) is 7.58. The minimum atomic E-state index is -0.849. The minimum Gasteiger partial charge on any atom is -0.508 e. The molecule has 2 N–H and O–H groups in total. The number of hydrogen-bond acceptors (Lipinski definition) is 4. The van der Waals surface area contributed by atoms with Crippen molar-refractivity contribution in [3.05, 3.63) is 91.5 Å². The Labute approximate surface area is 225 Å². The number of furan rings is 1. The number of benzene rings is 3. The van der Waals surface area contributed by atoms with Crippen LogP contribution in [0.5, 0.6) is 5.75 Å². The van der Waals surface area contributed by atoms with Gasteiger partial charge in [0.1, 0.15) is 22.9 Å². The van der Waals surface area contributed by atoms with Gasteiger partial charge in [-0.25, -0.2) is 4.39 Å². The Morgan fingerprint density at radius 3 is 2.72 bits per heavy atom. The maximum atomic E-state index is 14.5. The molecule has 0 spiro atoms. The molecule has 0 saturated carbocycles. The normalized spacial score (nSPS) is 14.4. The van der Waals surface area contributed by atoms with Gasteiger partial charge < -0.3 is 19.7 Å². The molecule has 0 unspecified atom stereocenters. The van der Waals surface area contributed by atoms with Gasteiger partial charge in [0.25, 0.3) is 5.91 Å². The highest BCUT2D eigenvalue weighted by atomic mass is 127. The number of carbonyl (C=O) groups excluding carboxylic acids is 2. The van der Waals surface area contributed by atoms with Crippen LogP contribution in [0.15, 0.2) is 59.0 Å². The van der Waals surface area contributed by atoms with Crippen LogP contribution < -0.4 is 10.2 Å². The molecule has 0 aliphatic carbocycles. The Balaban J connectivity index is 1.44. The van der Waals surface area contributed by atoms with Crippen molar-refractivity contribution < 1.29 is 23.5 Å². The number of halogens is 3. The number of hydrogen-bond donors (Lipinski definition) is 2. The molecule has 0 bridgehead atoms. The second-order valence-electron chi connectivity index (χ2n) is 9.19. The summed E-state index contributed by atoms with van der Waals surface area (Å²) in [6, 6.07) is 14.3. The highest BCUT2D eigenvalue weighted by Gasteiger charge is 2.46. The lowest BCUT2D eigenvalue weighted by atomic mass is 9.86. The molecule has 0 fully saturated rings. The highest BCUT2D eigenvalue weighted by molar-refractivity contribution is 14.1. The summed E-state index contributed by atoms with van der Waals surface area (Å²) in [6.07, 6.45) is 0. The third kappa shape index (κ3) is 4.22. The van der Waals surface area contributed by atoms with Gasteiger partial charge in [-0.05, 0) is 85.0 Å². The Morgan fingerprint density at radius 2 is 1.97 bits per heavy atom. The van der Waals surface area contributed by atoms with Crippen LogP contribution in [0.1, 0.15) is 41.1 Å². The molecule has 9 heteroatoms. The number of phenols is 1. The monoisotopic (exact) mass is 618 g/mol. The summed E-state index contributed by atoms with van der Waals surface area (Å²) in [5.41, 5.74) is 1.68. The number of nitrogens with one attached hydrogen (secondary N) is 1. The quantitative estimate of drug-likeness (QED) is 0.258.